The fraction of sp³-hybridized carbons (Fsp3) is 0.0164. The molecule has 74 heavy (non-hydrogen) atoms. The molecule has 0 aliphatic carbocycles. The summed E-state index contributed by atoms with van der Waals surface area (Å²) in [5.74, 6) is -4.28. The monoisotopic (exact) mass is 988 g/mol. The van der Waals surface area contributed by atoms with Crippen LogP contribution in [0, 0.1) is 23.3 Å². The zero-order valence-corrected chi connectivity index (χ0v) is 38.7. The fourth-order valence-electron chi connectivity index (χ4n) is 7.85. The zero-order valence-electron chi connectivity index (χ0n) is 38.7. The Morgan fingerprint density at radius 2 is 0.432 bits per heavy atom. The highest BCUT2D eigenvalue weighted by atomic mass is 19.1. The van der Waals surface area contributed by atoms with Crippen molar-refractivity contribution in [3.05, 3.63) is 290 Å². The van der Waals surface area contributed by atoms with Crippen LogP contribution in [0.1, 0.15) is 95.5 Å². The zero-order chi connectivity index (χ0) is 52.0. The van der Waals surface area contributed by atoms with Crippen molar-refractivity contribution < 1.29 is 60.5 Å². The van der Waals surface area contributed by atoms with Crippen LogP contribution in [0.3, 0.4) is 0 Å². The van der Waals surface area contributed by atoms with Crippen molar-refractivity contribution in [2.24, 2.45) is 0 Å². The smallest absolute Gasteiger partial charge is 0.193 e. The minimum Gasteiger partial charge on any atom is -0.497 e. The Morgan fingerprint density at radius 1 is 0.243 bits per heavy atom. The standard InChI is InChI=1S/C61H36F4O9/c1-72-53-29-41(60(70)39-10-22-51(23-11-39)73-54-31-43(56(66)35-2-14-47(62)15-3-35)27-44(32-54)57(67)36-4-16-48(63)17-5-36)26-42(30-53)61(71)40-12-24-52(25-13-40)74-55-33-45(58(68)37-6-18-49(64)19-7-37)28-46(34-55)59(69)38-8-20-50(65)21-9-38/h2-34H,1H3. The number of hydrogen-bond acceptors (Lipinski definition) is 9. The van der Waals surface area contributed by atoms with Gasteiger partial charge in [0.15, 0.2) is 34.7 Å². The lowest BCUT2D eigenvalue weighted by atomic mass is 9.96. The summed E-state index contributed by atoms with van der Waals surface area (Å²) in [6, 6.07) is 44.4. The Bertz CT molecular complexity index is 3260. The van der Waals surface area contributed by atoms with Crippen molar-refractivity contribution in [3.8, 4) is 28.7 Å². The van der Waals surface area contributed by atoms with E-state index in [2.05, 4.69) is 0 Å². The summed E-state index contributed by atoms with van der Waals surface area (Å²) in [4.78, 5) is 82.1. The Hall–Kier alpha value is -9.88. The third kappa shape index (κ3) is 11.2. The van der Waals surface area contributed by atoms with E-state index in [-0.39, 0.29) is 95.5 Å². The van der Waals surface area contributed by atoms with E-state index in [1.165, 1.54) is 159 Å². The van der Waals surface area contributed by atoms with E-state index >= 15 is 0 Å². The van der Waals surface area contributed by atoms with Crippen molar-refractivity contribution in [2.75, 3.05) is 7.11 Å². The molecule has 9 aromatic rings. The number of benzene rings is 9. The predicted octanol–water partition coefficient (Wildman–Crippen LogP) is 13.2. The van der Waals surface area contributed by atoms with Gasteiger partial charge in [-0.15, -0.1) is 0 Å². The summed E-state index contributed by atoms with van der Waals surface area (Å²) in [6.45, 7) is 0. The Balaban J connectivity index is 0.931. The average Bonchev–Trinajstić information content (AvgIpc) is 3.42. The quantitative estimate of drug-likeness (QED) is 0.0646. The van der Waals surface area contributed by atoms with Crippen molar-refractivity contribution in [2.45, 2.75) is 0 Å². The van der Waals surface area contributed by atoms with Crippen LogP contribution in [0.4, 0.5) is 17.6 Å². The highest BCUT2D eigenvalue weighted by Crippen LogP contribution is 2.31. The fourth-order valence-corrected chi connectivity index (χ4v) is 7.85. The first-order valence-corrected chi connectivity index (χ1v) is 22.5. The normalized spacial score (nSPS) is 10.8. The van der Waals surface area contributed by atoms with Crippen LogP contribution in [-0.4, -0.2) is 41.8 Å². The number of carbonyl (C=O) groups is 6. The SMILES string of the molecule is COc1cc(C(=O)c2ccc(Oc3cc(C(=O)c4ccc(F)cc4)cc(C(=O)c4ccc(F)cc4)c3)cc2)cc(C(=O)c2ccc(Oc3cc(C(=O)c4ccc(F)cc4)cc(C(=O)c4ccc(F)cc4)c3)cc2)c1. The van der Waals surface area contributed by atoms with Gasteiger partial charge in [-0.1, -0.05) is 0 Å². The molecule has 0 unspecified atom stereocenters. The van der Waals surface area contributed by atoms with E-state index < -0.39 is 58.0 Å². The van der Waals surface area contributed by atoms with Crippen LogP contribution in [0.5, 0.6) is 28.7 Å². The van der Waals surface area contributed by atoms with Gasteiger partial charge < -0.3 is 14.2 Å². The molecule has 0 saturated carbocycles. The minimum absolute atomic E-state index is 0.0625. The summed E-state index contributed by atoms with van der Waals surface area (Å²) in [5, 5.41) is 0. The van der Waals surface area contributed by atoms with Crippen LogP contribution < -0.4 is 14.2 Å². The number of ketones is 6. The summed E-state index contributed by atoms with van der Waals surface area (Å²) in [7, 11) is 1.39. The van der Waals surface area contributed by atoms with E-state index in [1.807, 2.05) is 0 Å². The number of halogens is 4. The molecular weight excluding hydrogens is 953 g/mol. The van der Waals surface area contributed by atoms with Gasteiger partial charge in [0.25, 0.3) is 0 Å². The lowest BCUT2D eigenvalue weighted by Gasteiger charge is -2.12. The van der Waals surface area contributed by atoms with Gasteiger partial charge in [-0.2, -0.15) is 0 Å². The molecule has 362 valence electrons. The molecule has 0 aliphatic rings. The Morgan fingerprint density at radius 3 is 0.635 bits per heavy atom. The second-order valence-electron chi connectivity index (χ2n) is 16.7. The van der Waals surface area contributed by atoms with Crippen LogP contribution in [-0.2, 0) is 0 Å². The first-order valence-electron chi connectivity index (χ1n) is 22.5. The summed E-state index contributed by atoms with van der Waals surface area (Å²) in [6.07, 6.45) is 0. The van der Waals surface area contributed by atoms with Gasteiger partial charge in [0.05, 0.1) is 7.11 Å². The lowest BCUT2D eigenvalue weighted by molar-refractivity contribution is 0.102. The topological polar surface area (TPSA) is 130 Å². The molecule has 0 N–H and O–H groups in total. The van der Waals surface area contributed by atoms with Crippen molar-refractivity contribution in [3.63, 3.8) is 0 Å². The molecule has 0 spiro atoms. The molecule has 0 atom stereocenters. The minimum atomic E-state index is -0.538. The second kappa shape index (κ2) is 21.2. The van der Waals surface area contributed by atoms with E-state index in [4.69, 9.17) is 14.2 Å². The average molecular weight is 989 g/mol. The molecule has 0 fully saturated rings. The van der Waals surface area contributed by atoms with Crippen LogP contribution in [0.2, 0.25) is 0 Å². The molecular formula is C61H36F4O9. The summed E-state index contributed by atoms with van der Waals surface area (Å²) in [5.41, 5.74) is 1.56. The Kier molecular flexibility index (Phi) is 14.1. The number of hydrogen-bond donors (Lipinski definition) is 0. The van der Waals surface area contributed by atoms with E-state index in [0.29, 0.717) is 0 Å². The van der Waals surface area contributed by atoms with Gasteiger partial charge >= 0.3 is 0 Å². The molecule has 0 aromatic heterocycles. The van der Waals surface area contributed by atoms with E-state index in [9.17, 15) is 46.3 Å². The van der Waals surface area contributed by atoms with Gasteiger partial charge in [-0.05, 0) is 200 Å². The lowest BCUT2D eigenvalue weighted by Crippen LogP contribution is -2.08. The van der Waals surface area contributed by atoms with Crippen LogP contribution in [0.15, 0.2) is 200 Å². The van der Waals surface area contributed by atoms with Gasteiger partial charge in [-0.25, -0.2) is 17.6 Å². The molecule has 0 radical (unpaired) electrons. The molecule has 13 heteroatoms. The summed E-state index contributed by atoms with van der Waals surface area (Å²) < 4.78 is 72.4. The van der Waals surface area contributed by atoms with Crippen molar-refractivity contribution >= 4 is 34.7 Å². The third-order valence-corrected chi connectivity index (χ3v) is 11.7. The first-order chi connectivity index (χ1) is 35.7. The number of methoxy groups -OCH3 is 1. The number of rotatable bonds is 17. The van der Waals surface area contributed by atoms with Gasteiger partial charge in [0.2, 0.25) is 0 Å². The maximum absolute atomic E-state index is 14.0. The van der Waals surface area contributed by atoms with Gasteiger partial charge in [-0.3, -0.25) is 28.8 Å². The number of carbonyl (C=O) groups excluding carboxylic acids is 6. The molecule has 0 heterocycles. The molecule has 0 aliphatic heterocycles. The van der Waals surface area contributed by atoms with E-state index in [0.717, 1.165) is 48.5 Å². The second-order valence-corrected chi connectivity index (χ2v) is 16.7. The highest BCUT2D eigenvalue weighted by molar-refractivity contribution is 6.16. The highest BCUT2D eigenvalue weighted by Gasteiger charge is 2.21. The van der Waals surface area contributed by atoms with Crippen molar-refractivity contribution in [1.29, 1.82) is 0 Å². The molecule has 9 nitrogen and oxygen atoms in total. The van der Waals surface area contributed by atoms with Crippen LogP contribution >= 0.6 is 0 Å². The predicted molar refractivity (Wildman–Crippen MR) is 265 cm³/mol. The van der Waals surface area contributed by atoms with Gasteiger partial charge in [0, 0.05) is 66.8 Å². The molecule has 0 bridgehead atoms. The largest absolute Gasteiger partial charge is 0.497 e. The van der Waals surface area contributed by atoms with Gasteiger partial charge in [0.1, 0.15) is 52.0 Å². The molecule has 9 rings (SSSR count). The van der Waals surface area contributed by atoms with Crippen LogP contribution in [0.25, 0.3) is 0 Å². The molecule has 0 saturated heterocycles. The molecule has 0 amide bonds. The molecule has 9 aromatic carbocycles. The first kappa shape index (κ1) is 49.1. The van der Waals surface area contributed by atoms with Crippen molar-refractivity contribution in [1.82, 2.24) is 0 Å². The maximum Gasteiger partial charge on any atom is 0.193 e. The Labute approximate surface area is 419 Å². The third-order valence-electron chi connectivity index (χ3n) is 11.7. The number of ether oxygens (including phenoxy) is 3. The maximum atomic E-state index is 14.0. The summed E-state index contributed by atoms with van der Waals surface area (Å²) >= 11 is 0. The van der Waals surface area contributed by atoms with E-state index in [1.54, 1.807) is 0 Å².